The molecule has 136 valence electrons. The van der Waals surface area contributed by atoms with Gasteiger partial charge in [0.25, 0.3) is 5.91 Å². The van der Waals surface area contributed by atoms with Gasteiger partial charge in [-0.25, -0.2) is 4.79 Å². The van der Waals surface area contributed by atoms with Crippen LogP contribution < -0.4 is 14.8 Å². The molecular weight excluding hydrogens is 358 g/mol. The van der Waals surface area contributed by atoms with Crippen molar-refractivity contribution in [3.8, 4) is 11.5 Å². The normalized spacial score (nSPS) is 14.9. The van der Waals surface area contributed by atoms with Crippen LogP contribution in [0.15, 0.2) is 42.5 Å². The molecular formula is C19H18ClNO5. The zero-order chi connectivity index (χ0) is 18.5. The van der Waals surface area contributed by atoms with Crippen LogP contribution in [0.1, 0.15) is 15.9 Å². The number of hydrogen-bond donors (Lipinski definition) is 1. The van der Waals surface area contributed by atoms with Crippen LogP contribution in [0.25, 0.3) is 0 Å². The zero-order valence-corrected chi connectivity index (χ0v) is 14.9. The van der Waals surface area contributed by atoms with Crippen LogP contribution in [0.5, 0.6) is 11.5 Å². The van der Waals surface area contributed by atoms with Gasteiger partial charge in [-0.2, -0.15) is 0 Å². The van der Waals surface area contributed by atoms with Gasteiger partial charge in [0.2, 0.25) is 0 Å². The molecule has 7 heteroatoms. The molecule has 1 amide bonds. The first-order valence-electron chi connectivity index (χ1n) is 8.08. The van der Waals surface area contributed by atoms with E-state index in [1.807, 2.05) is 18.2 Å². The number of carbonyl (C=O) groups is 2. The van der Waals surface area contributed by atoms with Crippen LogP contribution in [0.4, 0.5) is 0 Å². The molecule has 1 heterocycles. The Morgan fingerprint density at radius 2 is 2.04 bits per heavy atom. The first-order chi connectivity index (χ1) is 12.6. The van der Waals surface area contributed by atoms with Crippen LogP contribution >= 0.6 is 11.6 Å². The third-order valence-electron chi connectivity index (χ3n) is 3.91. The number of carbonyl (C=O) groups excluding carboxylic acids is 2. The fraction of sp³-hybridized carbons (Fsp3) is 0.263. The van der Waals surface area contributed by atoms with E-state index in [9.17, 15) is 9.59 Å². The lowest BCUT2D eigenvalue weighted by molar-refractivity contribution is -0.123. The maximum Gasteiger partial charge on any atom is 0.337 e. The van der Waals surface area contributed by atoms with Crippen molar-refractivity contribution >= 4 is 23.5 Å². The first-order valence-corrected chi connectivity index (χ1v) is 8.46. The molecule has 26 heavy (non-hydrogen) atoms. The van der Waals surface area contributed by atoms with E-state index in [1.165, 1.54) is 13.2 Å². The standard InChI is InChI=1S/C19H18ClNO5/c1-24-19(23)13-7-12-8-15(26-18(12)16(20)9-13)10-21-17(22)11-25-14-5-3-2-4-6-14/h2-7,9,15H,8,10-11H2,1H3,(H,21,22)/t15-/m1/s1. The molecule has 0 fully saturated rings. The molecule has 0 aliphatic carbocycles. The van der Waals surface area contributed by atoms with Gasteiger partial charge in [-0.15, -0.1) is 0 Å². The van der Waals surface area contributed by atoms with Gasteiger partial charge in [0, 0.05) is 12.0 Å². The quantitative estimate of drug-likeness (QED) is 0.786. The Morgan fingerprint density at radius 1 is 1.27 bits per heavy atom. The molecule has 0 spiro atoms. The second kappa shape index (κ2) is 8.10. The molecule has 0 bridgehead atoms. The minimum atomic E-state index is -0.454. The average Bonchev–Trinajstić information content (AvgIpc) is 3.08. The van der Waals surface area contributed by atoms with Gasteiger partial charge in [-0.3, -0.25) is 4.79 Å². The molecule has 1 aliphatic rings. The second-order valence-electron chi connectivity index (χ2n) is 5.79. The molecule has 0 unspecified atom stereocenters. The van der Waals surface area contributed by atoms with Crippen molar-refractivity contribution in [1.29, 1.82) is 0 Å². The monoisotopic (exact) mass is 375 g/mol. The number of para-hydroxylation sites is 1. The van der Waals surface area contributed by atoms with Crippen molar-refractivity contribution in [1.82, 2.24) is 5.32 Å². The maximum absolute atomic E-state index is 11.9. The molecule has 1 N–H and O–H groups in total. The lowest BCUT2D eigenvalue weighted by Gasteiger charge is -2.12. The molecule has 2 aromatic rings. The molecule has 0 saturated carbocycles. The largest absolute Gasteiger partial charge is 0.486 e. The molecule has 0 radical (unpaired) electrons. The highest BCUT2D eigenvalue weighted by molar-refractivity contribution is 6.32. The Bertz CT molecular complexity index is 809. The molecule has 1 atom stereocenters. The Kier molecular flexibility index (Phi) is 5.63. The van der Waals surface area contributed by atoms with E-state index in [0.717, 1.165) is 5.56 Å². The number of methoxy groups -OCH3 is 1. The SMILES string of the molecule is COC(=O)c1cc(Cl)c2c(c1)C[C@H](CNC(=O)COc1ccccc1)O2. The lowest BCUT2D eigenvalue weighted by atomic mass is 10.1. The number of ether oxygens (including phenoxy) is 3. The molecule has 3 rings (SSSR count). The number of halogens is 1. The van der Waals surface area contributed by atoms with E-state index in [-0.39, 0.29) is 18.6 Å². The Balaban J connectivity index is 1.51. The predicted octanol–water partition coefficient (Wildman–Crippen LogP) is 2.63. The third kappa shape index (κ3) is 4.26. The topological polar surface area (TPSA) is 73.9 Å². The van der Waals surface area contributed by atoms with Crippen molar-refractivity contribution in [2.75, 3.05) is 20.3 Å². The smallest absolute Gasteiger partial charge is 0.337 e. The van der Waals surface area contributed by atoms with Crippen LogP contribution in [-0.4, -0.2) is 38.2 Å². The number of esters is 1. The van der Waals surface area contributed by atoms with E-state index in [4.69, 9.17) is 25.8 Å². The van der Waals surface area contributed by atoms with Gasteiger partial charge in [0.05, 0.1) is 24.2 Å². The fourth-order valence-corrected chi connectivity index (χ4v) is 2.96. The first kappa shape index (κ1) is 18.1. The summed E-state index contributed by atoms with van der Waals surface area (Å²) in [6.45, 7) is 0.243. The van der Waals surface area contributed by atoms with E-state index in [0.29, 0.717) is 35.1 Å². The van der Waals surface area contributed by atoms with Crippen molar-refractivity contribution in [2.45, 2.75) is 12.5 Å². The molecule has 6 nitrogen and oxygen atoms in total. The summed E-state index contributed by atoms with van der Waals surface area (Å²) >= 11 is 6.18. The minimum Gasteiger partial charge on any atom is -0.486 e. The molecule has 2 aromatic carbocycles. The summed E-state index contributed by atoms with van der Waals surface area (Å²) in [5, 5.41) is 3.13. The highest BCUT2D eigenvalue weighted by Gasteiger charge is 2.27. The summed E-state index contributed by atoms with van der Waals surface area (Å²) in [6.07, 6.45) is 0.288. The van der Waals surface area contributed by atoms with E-state index in [1.54, 1.807) is 18.2 Å². The summed E-state index contributed by atoms with van der Waals surface area (Å²) in [5.74, 6) is 0.479. The summed E-state index contributed by atoms with van der Waals surface area (Å²) in [6, 6.07) is 12.3. The number of benzene rings is 2. The van der Waals surface area contributed by atoms with Gasteiger partial charge in [0.15, 0.2) is 6.61 Å². The van der Waals surface area contributed by atoms with Crippen LogP contribution in [0, 0.1) is 0 Å². The van der Waals surface area contributed by atoms with Crippen LogP contribution in [0.2, 0.25) is 5.02 Å². The Morgan fingerprint density at radius 3 is 2.77 bits per heavy atom. The van der Waals surface area contributed by atoms with E-state index < -0.39 is 5.97 Å². The van der Waals surface area contributed by atoms with Crippen LogP contribution in [0.3, 0.4) is 0 Å². The molecule has 0 aromatic heterocycles. The number of amides is 1. The van der Waals surface area contributed by atoms with E-state index in [2.05, 4.69) is 5.32 Å². The molecule has 0 saturated heterocycles. The van der Waals surface area contributed by atoms with Crippen molar-refractivity contribution < 1.29 is 23.8 Å². The van der Waals surface area contributed by atoms with Gasteiger partial charge in [-0.1, -0.05) is 29.8 Å². The lowest BCUT2D eigenvalue weighted by Crippen LogP contribution is -2.37. The number of rotatable bonds is 6. The number of fused-ring (bicyclic) bond motifs is 1. The fourth-order valence-electron chi connectivity index (χ4n) is 2.68. The van der Waals surface area contributed by atoms with Gasteiger partial charge in [0.1, 0.15) is 17.6 Å². The van der Waals surface area contributed by atoms with Crippen molar-refractivity contribution in [3.05, 3.63) is 58.6 Å². The number of nitrogens with one attached hydrogen (secondary N) is 1. The summed E-state index contributed by atoms with van der Waals surface area (Å²) in [5.41, 5.74) is 1.19. The number of hydrogen-bond acceptors (Lipinski definition) is 5. The Hall–Kier alpha value is -2.73. The highest BCUT2D eigenvalue weighted by atomic mass is 35.5. The van der Waals surface area contributed by atoms with E-state index >= 15 is 0 Å². The zero-order valence-electron chi connectivity index (χ0n) is 14.2. The summed E-state index contributed by atoms with van der Waals surface area (Å²) in [4.78, 5) is 23.6. The third-order valence-corrected chi connectivity index (χ3v) is 4.19. The van der Waals surface area contributed by atoms with Gasteiger partial charge >= 0.3 is 5.97 Å². The summed E-state index contributed by atoms with van der Waals surface area (Å²) in [7, 11) is 1.32. The average molecular weight is 376 g/mol. The Labute approximate surface area is 156 Å². The van der Waals surface area contributed by atoms with Gasteiger partial charge in [-0.05, 0) is 24.3 Å². The van der Waals surface area contributed by atoms with Crippen molar-refractivity contribution in [3.63, 3.8) is 0 Å². The highest BCUT2D eigenvalue weighted by Crippen LogP contribution is 2.37. The van der Waals surface area contributed by atoms with Crippen molar-refractivity contribution in [2.24, 2.45) is 0 Å². The minimum absolute atomic E-state index is 0.0725. The summed E-state index contributed by atoms with van der Waals surface area (Å²) < 4.78 is 15.9. The maximum atomic E-state index is 11.9. The van der Waals surface area contributed by atoms with Crippen LogP contribution in [-0.2, 0) is 16.0 Å². The predicted molar refractivity (Wildman–Crippen MR) is 95.9 cm³/mol. The molecule has 1 aliphatic heterocycles. The second-order valence-corrected chi connectivity index (χ2v) is 6.19. The van der Waals surface area contributed by atoms with Gasteiger partial charge < -0.3 is 19.5 Å².